The summed E-state index contributed by atoms with van der Waals surface area (Å²) in [5.74, 6) is 0.576. The average molecular weight is 195 g/mol. The molecule has 76 valence electrons. The van der Waals surface area contributed by atoms with Crippen molar-refractivity contribution in [2.45, 2.75) is 6.67 Å². The van der Waals surface area contributed by atoms with Gasteiger partial charge >= 0.3 is 0 Å². The van der Waals surface area contributed by atoms with Crippen molar-refractivity contribution in [1.82, 2.24) is 0 Å². The van der Waals surface area contributed by atoms with Gasteiger partial charge in [0.2, 0.25) is 0 Å². The van der Waals surface area contributed by atoms with Gasteiger partial charge in [0, 0.05) is 12.1 Å². The summed E-state index contributed by atoms with van der Waals surface area (Å²) in [6, 6.07) is 5.41. The Labute approximate surface area is 83.2 Å². The normalized spacial score (nSPS) is 10.8. The number of nitrogens with two attached hydrogens (primary N) is 1. The van der Waals surface area contributed by atoms with E-state index in [9.17, 15) is 4.39 Å². The van der Waals surface area contributed by atoms with Crippen LogP contribution in [0.2, 0.25) is 0 Å². The standard InChI is InChI=1S/C11H14FNO/c1-14-11-6-2-4-9(5-3-7-13)10(11)8-12/h2-6H,7-8,13H2,1H3/b5-3+. The summed E-state index contributed by atoms with van der Waals surface area (Å²) in [7, 11) is 1.53. The van der Waals surface area contributed by atoms with Crippen LogP contribution in [0.3, 0.4) is 0 Å². The molecule has 1 aromatic carbocycles. The third kappa shape index (κ3) is 2.33. The Kier molecular flexibility index (Phi) is 4.13. The van der Waals surface area contributed by atoms with E-state index < -0.39 is 6.67 Å². The second-order valence-corrected chi connectivity index (χ2v) is 2.80. The van der Waals surface area contributed by atoms with Crippen molar-refractivity contribution in [2.75, 3.05) is 13.7 Å². The summed E-state index contributed by atoms with van der Waals surface area (Å²) >= 11 is 0. The van der Waals surface area contributed by atoms with Crippen LogP contribution in [0.1, 0.15) is 11.1 Å². The van der Waals surface area contributed by atoms with Gasteiger partial charge in [-0.2, -0.15) is 0 Å². The minimum absolute atomic E-state index is 0.447. The third-order valence-electron chi connectivity index (χ3n) is 1.96. The van der Waals surface area contributed by atoms with Gasteiger partial charge in [0.15, 0.2) is 0 Å². The predicted octanol–water partition coefficient (Wildman–Crippen LogP) is 2.14. The monoisotopic (exact) mass is 195 g/mol. The van der Waals surface area contributed by atoms with E-state index in [0.29, 0.717) is 17.9 Å². The fourth-order valence-electron chi connectivity index (χ4n) is 1.27. The molecule has 2 N–H and O–H groups in total. The van der Waals surface area contributed by atoms with Crippen LogP contribution in [-0.4, -0.2) is 13.7 Å². The molecule has 0 aromatic heterocycles. The fourth-order valence-corrected chi connectivity index (χ4v) is 1.27. The molecule has 0 heterocycles. The lowest BCUT2D eigenvalue weighted by Crippen LogP contribution is -1.95. The maximum atomic E-state index is 12.7. The number of halogens is 1. The van der Waals surface area contributed by atoms with E-state index >= 15 is 0 Å². The molecule has 3 heteroatoms. The lowest BCUT2D eigenvalue weighted by molar-refractivity contribution is 0.394. The van der Waals surface area contributed by atoms with E-state index in [1.807, 2.05) is 12.1 Å². The van der Waals surface area contributed by atoms with Gasteiger partial charge in [-0.3, -0.25) is 0 Å². The highest BCUT2D eigenvalue weighted by Crippen LogP contribution is 2.24. The van der Waals surface area contributed by atoms with Crippen molar-refractivity contribution in [1.29, 1.82) is 0 Å². The van der Waals surface area contributed by atoms with Crippen molar-refractivity contribution in [3.63, 3.8) is 0 Å². The van der Waals surface area contributed by atoms with Crippen LogP contribution in [0, 0.1) is 0 Å². The van der Waals surface area contributed by atoms with Gasteiger partial charge < -0.3 is 10.5 Å². The highest BCUT2D eigenvalue weighted by Gasteiger charge is 2.05. The first-order chi connectivity index (χ1) is 6.83. The lowest BCUT2D eigenvalue weighted by Gasteiger charge is -2.07. The maximum Gasteiger partial charge on any atom is 0.125 e. The molecule has 1 aromatic rings. The smallest absolute Gasteiger partial charge is 0.125 e. The summed E-state index contributed by atoms with van der Waals surface area (Å²) in [4.78, 5) is 0. The molecule has 2 nitrogen and oxygen atoms in total. The van der Waals surface area contributed by atoms with Gasteiger partial charge in [-0.15, -0.1) is 0 Å². The topological polar surface area (TPSA) is 35.2 Å². The van der Waals surface area contributed by atoms with Crippen molar-refractivity contribution >= 4 is 6.08 Å². The SMILES string of the molecule is COc1cccc(/C=C/CN)c1CF. The first kappa shape index (κ1) is 10.7. The number of benzene rings is 1. The molecule has 0 aliphatic rings. The Morgan fingerprint density at radius 1 is 1.50 bits per heavy atom. The Morgan fingerprint density at radius 2 is 2.29 bits per heavy atom. The van der Waals surface area contributed by atoms with Crippen LogP contribution >= 0.6 is 0 Å². The van der Waals surface area contributed by atoms with Crippen LogP contribution < -0.4 is 10.5 Å². The first-order valence-corrected chi connectivity index (χ1v) is 4.42. The van der Waals surface area contributed by atoms with Crippen LogP contribution in [0.15, 0.2) is 24.3 Å². The van der Waals surface area contributed by atoms with Gasteiger partial charge in [-0.25, -0.2) is 4.39 Å². The van der Waals surface area contributed by atoms with Crippen LogP contribution in [-0.2, 0) is 6.67 Å². The van der Waals surface area contributed by atoms with Crippen molar-refractivity contribution in [2.24, 2.45) is 5.73 Å². The minimum atomic E-state index is -0.533. The summed E-state index contributed by atoms with van der Waals surface area (Å²) in [5.41, 5.74) is 6.71. The van der Waals surface area contributed by atoms with Gasteiger partial charge in [0.05, 0.1) is 7.11 Å². The number of alkyl halides is 1. The summed E-state index contributed by atoms with van der Waals surface area (Å²) in [6.07, 6.45) is 3.59. The first-order valence-electron chi connectivity index (χ1n) is 4.42. The fraction of sp³-hybridized carbons (Fsp3) is 0.273. The molecule has 0 saturated heterocycles. The van der Waals surface area contributed by atoms with Crippen molar-refractivity contribution < 1.29 is 9.13 Å². The summed E-state index contributed by atoms with van der Waals surface area (Å²) < 4.78 is 17.8. The van der Waals surface area contributed by atoms with Crippen LogP contribution in [0.25, 0.3) is 6.08 Å². The molecule has 0 aliphatic carbocycles. The Morgan fingerprint density at radius 3 is 2.86 bits per heavy atom. The number of ether oxygens (including phenoxy) is 1. The number of rotatable bonds is 4. The Balaban J connectivity index is 3.08. The number of hydrogen-bond acceptors (Lipinski definition) is 2. The largest absolute Gasteiger partial charge is 0.496 e. The third-order valence-corrected chi connectivity index (χ3v) is 1.96. The molecule has 0 aliphatic heterocycles. The van der Waals surface area contributed by atoms with E-state index in [-0.39, 0.29) is 0 Å². The van der Waals surface area contributed by atoms with Gasteiger partial charge in [0.1, 0.15) is 12.4 Å². The highest BCUT2D eigenvalue weighted by molar-refractivity contribution is 5.57. The average Bonchev–Trinajstić information content (AvgIpc) is 2.25. The lowest BCUT2D eigenvalue weighted by atomic mass is 10.1. The molecule has 0 fully saturated rings. The molecule has 0 unspecified atom stereocenters. The van der Waals surface area contributed by atoms with E-state index in [4.69, 9.17) is 10.5 Å². The van der Waals surface area contributed by atoms with Gasteiger partial charge in [0.25, 0.3) is 0 Å². The predicted molar refractivity (Wildman–Crippen MR) is 55.9 cm³/mol. The van der Waals surface area contributed by atoms with E-state index in [2.05, 4.69) is 0 Å². The molecule has 0 bridgehead atoms. The van der Waals surface area contributed by atoms with E-state index in [0.717, 1.165) is 5.56 Å². The second kappa shape index (κ2) is 5.40. The molecule has 0 radical (unpaired) electrons. The van der Waals surface area contributed by atoms with Gasteiger partial charge in [-0.05, 0) is 11.6 Å². The quantitative estimate of drug-likeness (QED) is 0.798. The summed E-state index contributed by atoms with van der Waals surface area (Å²) in [6.45, 7) is -0.0861. The zero-order chi connectivity index (χ0) is 10.4. The molecule has 0 amide bonds. The van der Waals surface area contributed by atoms with Crippen LogP contribution in [0.5, 0.6) is 5.75 Å². The van der Waals surface area contributed by atoms with Crippen molar-refractivity contribution in [3.8, 4) is 5.75 Å². The molecule has 14 heavy (non-hydrogen) atoms. The number of methoxy groups -OCH3 is 1. The maximum absolute atomic E-state index is 12.7. The zero-order valence-electron chi connectivity index (χ0n) is 8.16. The van der Waals surface area contributed by atoms with Crippen molar-refractivity contribution in [3.05, 3.63) is 35.4 Å². The highest BCUT2D eigenvalue weighted by atomic mass is 19.1. The minimum Gasteiger partial charge on any atom is -0.496 e. The Hall–Kier alpha value is -1.35. The zero-order valence-corrected chi connectivity index (χ0v) is 8.16. The molecular weight excluding hydrogens is 181 g/mol. The molecule has 0 spiro atoms. The van der Waals surface area contributed by atoms with Crippen LogP contribution in [0.4, 0.5) is 4.39 Å². The molecule has 1 rings (SSSR count). The van der Waals surface area contributed by atoms with Gasteiger partial charge in [-0.1, -0.05) is 24.3 Å². The summed E-state index contributed by atoms with van der Waals surface area (Å²) in [5, 5.41) is 0. The molecular formula is C11H14FNO. The number of hydrogen-bond donors (Lipinski definition) is 1. The Bertz CT molecular complexity index is 323. The molecule has 0 atom stereocenters. The van der Waals surface area contributed by atoms with E-state index in [1.54, 1.807) is 18.2 Å². The molecule has 0 saturated carbocycles. The van der Waals surface area contributed by atoms with E-state index in [1.165, 1.54) is 7.11 Å². The second-order valence-electron chi connectivity index (χ2n) is 2.80.